The second kappa shape index (κ2) is 2.67. The summed E-state index contributed by atoms with van der Waals surface area (Å²) < 4.78 is 5.27. The fourth-order valence-corrected chi connectivity index (χ4v) is 1.50. The summed E-state index contributed by atoms with van der Waals surface area (Å²) in [5.41, 5.74) is 3.93. The summed E-state index contributed by atoms with van der Waals surface area (Å²) in [5, 5.41) is 0. The largest absolute Gasteiger partial charge is 0.496 e. The first kappa shape index (κ1) is 7.41. The van der Waals surface area contributed by atoms with Gasteiger partial charge >= 0.3 is 0 Å². The quantitative estimate of drug-likeness (QED) is 0.656. The third-order valence-electron chi connectivity index (χ3n) is 2.31. The van der Waals surface area contributed by atoms with Gasteiger partial charge in [0.1, 0.15) is 5.75 Å². The van der Waals surface area contributed by atoms with E-state index in [1.807, 2.05) is 0 Å². The summed E-state index contributed by atoms with van der Waals surface area (Å²) in [6, 6.07) is 4.31. The Morgan fingerprint density at radius 1 is 1.17 bits per heavy atom. The van der Waals surface area contributed by atoms with Gasteiger partial charge in [0.2, 0.25) is 0 Å². The standard InChI is InChI=1S/C11H12O/c1-3-8-6-9-4-5-10(9)7-11(8)12-2/h4-7H,3H2,1-2H3. The lowest BCUT2D eigenvalue weighted by atomic mass is 9.94. The van der Waals surface area contributed by atoms with Crippen LogP contribution in [0.3, 0.4) is 0 Å². The zero-order valence-corrected chi connectivity index (χ0v) is 7.42. The van der Waals surface area contributed by atoms with Gasteiger partial charge < -0.3 is 4.74 Å². The van der Waals surface area contributed by atoms with Crippen molar-refractivity contribution in [1.29, 1.82) is 0 Å². The predicted molar refractivity (Wildman–Crippen MR) is 51.3 cm³/mol. The first-order valence-electron chi connectivity index (χ1n) is 4.24. The minimum atomic E-state index is 1.01. The van der Waals surface area contributed by atoms with Gasteiger partial charge in [-0.15, -0.1) is 0 Å². The SMILES string of the molecule is CCc1cc2c(cc1OC)C=C2. The molecule has 2 rings (SSSR count). The van der Waals surface area contributed by atoms with Gasteiger partial charge in [-0.1, -0.05) is 19.1 Å². The fraction of sp³-hybridized carbons (Fsp3) is 0.273. The smallest absolute Gasteiger partial charge is 0.122 e. The van der Waals surface area contributed by atoms with E-state index in [1.165, 1.54) is 16.7 Å². The van der Waals surface area contributed by atoms with Crippen molar-refractivity contribution in [3.63, 3.8) is 0 Å². The van der Waals surface area contributed by atoms with Crippen LogP contribution in [0.5, 0.6) is 5.75 Å². The van der Waals surface area contributed by atoms with Gasteiger partial charge in [-0.05, 0) is 35.2 Å². The minimum absolute atomic E-state index is 1.01. The molecule has 1 aromatic carbocycles. The predicted octanol–water partition coefficient (Wildman–Crippen LogP) is 2.74. The molecule has 0 amide bonds. The number of hydrogen-bond acceptors (Lipinski definition) is 1. The summed E-state index contributed by atoms with van der Waals surface area (Å²) in [6.45, 7) is 2.15. The molecule has 12 heavy (non-hydrogen) atoms. The van der Waals surface area contributed by atoms with Crippen LogP contribution in [0.15, 0.2) is 12.1 Å². The lowest BCUT2D eigenvalue weighted by molar-refractivity contribution is 0.410. The van der Waals surface area contributed by atoms with Crippen LogP contribution in [-0.2, 0) is 6.42 Å². The van der Waals surface area contributed by atoms with Crippen molar-refractivity contribution in [2.24, 2.45) is 0 Å². The van der Waals surface area contributed by atoms with E-state index >= 15 is 0 Å². The number of hydrogen-bond donors (Lipinski definition) is 0. The van der Waals surface area contributed by atoms with E-state index in [4.69, 9.17) is 4.74 Å². The first-order valence-corrected chi connectivity index (χ1v) is 4.24. The molecule has 1 aromatic rings. The first-order chi connectivity index (χ1) is 5.85. The van der Waals surface area contributed by atoms with Crippen molar-refractivity contribution in [2.45, 2.75) is 13.3 Å². The van der Waals surface area contributed by atoms with E-state index in [1.54, 1.807) is 7.11 Å². The normalized spacial score (nSPS) is 12.2. The Bertz CT molecular complexity index is 304. The van der Waals surface area contributed by atoms with Crippen molar-refractivity contribution >= 4 is 12.2 Å². The molecular formula is C11H12O. The fourth-order valence-electron chi connectivity index (χ4n) is 1.50. The number of benzene rings is 1. The molecule has 0 aromatic heterocycles. The number of ether oxygens (including phenoxy) is 1. The highest BCUT2D eigenvalue weighted by atomic mass is 16.5. The van der Waals surface area contributed by atoms with Gasteiger partial charge in [-0.3, -0.25) is 0 Å². The third kappa shape index (κ3) is 0.934. The number of rotatable bonds is 2. The second-order valence-electron chi connectivity index (χ2n) is 2.98. The summed E-state index contributed by atoms with van der Waals surface area (Å²) in [7, 11) is 1.73. The molecule has 0 saturated carbocycles. The van der Waals surface area contributed by atoms with Crippen LogP contribution in [0.4, 0.5) is 0 Å². The van der Waals surface area contributed by atoms with E-state index in [0.717, 1.165) is 12.2 Å². The molecule has 0 N–H and O–H groups in total. The van der Waals surface area contributed by atoms with Crippen molar-refractivity contribution < 1.29 is 4.74 Å². The van der Waals surface area contributed by atoms with Crippen molar-refractivity contribution in [1.82, 2.24) is 0 Å². The summed E-state index contributed by atoms with van der Waals surface area (Å²) >= 11 is 0. The van der Waals surface area contributed by atoms with Crippen LogP contribution in [0.2, 0.25) is 0 Å². The molecule has 1 heteroatoms. The highest BCUT2D eigenvalue weighted by Crippen LogP contribution is 2.31. The van der Waals surface area contributed by atoms with E-state index in [9.17, 15) is 0 Å². The van der Waals surface area contributed by atoms with E-state index < -0.39 is 0 Å². The van der Waals surface area contributed by atoms with Crippen molar-refractivity contribution in [3.8, 4) is 5.75 Å². The Morgan fingerprint density at radius 2 is 1.83 bits per heavy atom. The van der Waals surface area contributed by atoms with Gasteiger partial charge in [0.25, 0.3) is 0 Å². The lowest BCUT2D eigenvalue weighted by Crippen LogP contribution is -1.96. The zero-order chi connectivity index (χ0) is 8.55. The molecule has 0 bridgehead atoms. The highest BCUT2D eigenvalue weighted by molar-refractivity contribution is 5.86. The van der Waals surface area contributed by atoms with Crippen molar-refractivity contribution in [2.75, 3.05) is 7.11 Å². The molecule has 0 aliphatic heterocycles. The van der Waals surface area contributed by atoms with Gasteiger partial charge in [0.15, 0.2) is 0 Å². The van der Waals surface area contributed by atoms with Gasteiger partial charge in [-0.2, -0.15) is 0 Å². The Kier molecular flexibility index (Phi) is 1.65. The number of fused-ring (bicyclic) bond motifs is 1. The summed E-state index contributed by atoms with van der Waals surface area (Å²) in [5.74, 6) is 1.01. The molecule has 0 heterocycles. The van der Waals surface area contributed by atoms with Crippen LogP contribution in [0, 0.1) is 0 Å². The lowest BCUT2D eigenvalue weighted by Gasteiger charge is -2.15. The summed E-state index contributed by atoms with van der Waals surface area (Å²) in [6.07, 6.45) is 5.27. The van der Waals surface area contributed by atoms with Crippen LogP contribution >= 0.6 is 0 Å². The van der Waals surface area contributed by atoms with Gasteiger partial charge in [-0.25, -0.2) is 0 Å². The number of methoxy groups -OCH3 is 1. The van der Waals surface area contributed by atoms with E-state index in [2.05, 4.69) is 31.2 Å². The highest BCUT2D eigenvalue weighted by Gasteiger charge is 2.10. The molecule has 62 valence electrons. The molecule has 1 aliphatic carbocycles. The van der Waals surface area contributed by atoms with Crippen LogP contribution in [0.1, 0.15) is 23.6 Å². The Labute approximate surface area is 72.7 Å². The molecule has 0 saturated heterocycles. The third-order valence-corrected chi connectivity index (χ3v) is 2.31. The van der Waals surface area contributed by atoms with Crippen LogP contribution in [-0.4, -0.2) is 7.11 Å². The molecule has 1 aliphatic rings. The molecule has 0 atom stereocenters. The Hall–Kier alpha value is -1.24. The number of aryl methyl sites for hydroxylation is 1. The molecular weight excluding hydrogens is 148 g/mol. The van der Waals surface area contributed by atoms with Gasteiger partial charge in [0, 0.05) is 0 Å². The molecule has 1 nitrogen and oxygen atoms in total. The Morgan fingerprint density at radius 3 is 2.33 bits per heavy atom. The zero-order valence-electron chi connectivity index (χ0n) is 7.42. The minimum Gasteiger partial charge on any atom is -0.496 e. The average molecular weight is 160 g/mol. The maximum Gasteiger partial charge on any atom is 0.122 e. The van der Waals surface area contributed by atoms with Crippen molar-refractivity contribution in [3.05, 3.63) is 28.8 Å². The van der Waals surface area contributed by atoms with E-state index in [-0.39, 0.29) is 0 Å². The monoisotopic (exact) mass is 160 g/mol. The molecule has 0 radical (unpaired) electrons. The molecule has 0 unspecified atom stereocenters. The van der Waals surface area contributed by atoms with Crippen LogP contribution < -0.4 is 4.74 Å². The maximum atomic E-state index is 5.27. The van der Waals surface area contributed by atoms with Crippen LogP contribution in [0.25, 0.3) is 12.2 Å². The second-order valence-corrected chi connectivity index (χ2v) is 2.98. The Balaban J connectivity index is 2.49. The molecule has 0 fully saturated rings. The van der Waals surface area contributed by atoms with E-state index in [0.29, 0.717) is 0 Å². The maximum absolute atomic E-state index is 5.27. The summed E-state index contributed by atoms with van der Waals surface area (Å²) in [4.78, 5) is 0. The molecule has 0 spiro atoms. The topological polar surface area (TPSA) is 9.23 Å². The average Bonchev–Trinajstić information content (AvgIpc) is 2.07. The van der Waals surface area contributed by atoms with Gasteiger partial charge in [0.05, 0.1) is 7.11 Å².